The Morgan fingerprint density at radius 3 is 2.61 bits per heavy atom. The maximum absolute atomic E-state index is 12.1. The summed E-state index contributed by atoms with van der Waals surface area (Å²) in [4.78, 5) is 23.6. The van der Waals surface area contributed by atoms with Gasteiger partial charge in [0, 0.05) is 24.5 Å². The number of nitrogens with zero attached hydrogens (tertiary/aromatic N) is 1. The molecule has 3 rings (SSSR count). The monoisotopic (exact) mass is 311 g/mol. The molecule has 0 fully saturated rings. The zero-order valence-electron chi connectivity index (χ0n) is 13.1. The number of hydrogen-bond donors (Lipinski definition) is 2. The lowest BCUT2D eigenvalue weighted by Crippen LogP contribution is -2.19. The molecule has 6 heteroatoms. The third-order valence-corrected chi connectivity index (χ3v) is 3.68. The maximum Gasteiger partial charge on any atom is 0.419 e. The number of carbonyl (C=O) groups is 1. The van der Waals surface area contributed by atoms with Gasteiger partial charge in [-0.25, -0.2) is 9.59 Å². The third kappa shape index (κ3) is 2.96. The first kappa shape index (κ1) is 14.9. The molecule has 23 heavy (non-hydrogen) atoms. The van der Waals surface area contributed by atoms with E-state index in [2.05, 4.69) is 10.6 Å². The van der Waals surface area contributed by atoms with E-state index in [-0.39, 0.29) is 6.03 Å². The molecule has 0 saturated heterocycles. The Morgan fingerprint density at radius 2 is 1.87 bits per heavy atom. The van der Waals surface area contributed by atoms with E-state index in [1.54, 1.807) is 25.2 Å². The van der Waals surface area contributed by atoms with Gasteiger partial charge in [-0.1, -0.05) is 17.7 Å². The van der Waals surface area contributed by atoms with E-state index in [9.17, 15) is 9.59 Å². The fourth-order valence-corrected chi connectivity index (χ4v) is 2.45. The topological polar surface area (TPSA) is 76.3 Å². The van der Waals surface area contributed by atoms with Crippen molar-refractivity contribution in [3.63, 3.8) is 0 Å². The van der Waals surface area contributed by atoms with Crippen LogP contribution < -0.4 is 16.4 Å². The quantitative estimate of drug-likeness (QED) is 0.761. The first-order valence-corrected chi connectivity index (χ1v) is 7.19. The van der Waals surface area contributed by atoms with Crippen LogP contribution in [0.1, 0.15) is 11.1 Å². The fraction of sp³-hybridized carbons (Fsp3) is 0.176. The highest BCUT2D eigenvalue weighted by Crippen LogP contribution is 2.19. The van der Waals surface area contributed by atoms with Gasteiger partial charge in [-0.3, -0.25) is 4.57 Å². The molecule has 1 aromatic heterocycles. The number of nitrogens with one attached hydrogen (secondary N) is 2. The number of hydrogen-bond acceptors (Lipinski definition) is 3. The number of carbonyl (C=O) groups excluding carboxylic acids is 1. The fourth-order valence-electron chi connectivity index (χ4n) is 2.45. The molecule has 2 amide bonds. The molecular weight excluding hydrogens is 294 g/mol. The Kier molecular flexibility index (Phi) is 3.65. The number of rotatable bonds is 2. The van der Waals surface area contributed by atoms with Crippen LogP contribution in [0.5, 0.6) is 0 Å². The van der Waals surface area contributed by atoms with Gasteiger partial charge in [-0.05, 0) is 37.6 Å². The summed E-state index contributed by atoms with van der Waals surface area (Å²) in [6.07, 6.45) is 0. The first-order valence-electron chi connectivity index (χ1n) is 7.19. The molecule has 0 radical (unpaired) electrons. The van der Waals surface area contributed by atoms with E-state index < -0.39 is 5.76 Å². The molecule has 0 aliphatic carbocycles. The van der Waals surface area contributed by atoms with E-state index >= 15 is 0 Å². The minimum absolute atomic E-state index is 0.352. The van der Waals surface area contributed by atoms with Crippen LogP contribution in [0.2, 0.25) is 0 Å². The van der Waals surface area contributed by atoms with Crippen molar-refractivity contribution in [1.29, 1.82) is 0 Å². The van der Waals surface area contributed by atoms with Crippen LogP contribution in [0, 0.1) is 13.8 Å². The lowest BCUT2D eigenvalue weighted by atomic mass is 10.1. The Morgan fingerprint density at radius 1 is 1.09 bits per heavy atom. The Bertz CT molecular complexity index is 953. The highest BCUT2D eigenvalue weighted by atomic mass is 16.4. The molecule has 0 atom stereocenters. The van der Waals surface area contributed by atoms with Crippen molar-refractivity contribution in [3.05, 3.63) is 58.1 Å². The lowest BCUT2D eigenvalue weighted by Gasteiger charge is -2.10. The summed E-state index contributed by atoms with van der Waals surface area (Å²) in [6.45, 7) is 3.94. The summed E-state index contributed by atoms with van der Waals surface area (Å²) in [6, 6.07) is 10.5. The minimum Gasteiger partial charge on any atom is -0.408 e. The normalized spacial score (nSPS) is 10.7. The van der Waals surface area contributed by atoms with Crippen molar-refractivity contribution < 1.29 is 9.21 Å². The van der Waals surface area contributed by atoms with Crippen LogP contribution in [-0.2, 0) is 7.05 Å². The molecule has 0 bridgehead atoms. The molecule has 0 unspecified atom stereocenters. The number of amides is 2. The molecule has 2 aromatic carbocycles. The van der Waals surface area contributed by atoms with E-state index in [0.717, 1.165) is 16.8 Å². The zero-order chi connectivity index (χ0) is 16.6. The van der Waals surface area contributed by atoms with Crippen molar-refractivity contribution in [2.45, 2.75) is 13.8 Å². The summed E-state index contributed by atoms with van der Waals surface area (Å²) in [5, 5.41) is 5.53. The zero-order valence-corrected chi connectivity index (χ0v) is 13.1. The largest absolute Gasteiger partial charge is 0.419 e. The number of fused-ring (bicyclic) bond motifs is 1. The number of oxazole rings is 1. The Hall–Kier alpha value is -3.02. The molecule has 0 spiro atoms. The summed E-state index contributed by atoms with van der Waals surface area (Å²) >= 11 is 0. The average molecular weight is 311 g/mol. The lowest BCUT2D eigenvalue weighted by molar-refractivity contribution is 0.262. The molecular formula is C17H17N3O3. The van der Waals surface area contributed by atoms with Gasteiger partial charge in [0.2, 0.25) is 0 Å². The van der Waals surface area contributed by atoms with Crippen LogP contribution in [0.3, 0.4) is 0 Å². The van der Waals surface area contributed by atoms with Gasteiger partial charge in [0.05, 0.1) is 5.52 Å². The van der Waals surface area contributed by atoms with E-state index in [4.69, 9.17) is 4.42 Å². The van der Waals surface area contributed by atoms with E-state index in [0.29, 0.717) is 16.8 Å². The number of aryl methyl sites for hydroxylation is 3. The van der Waals surface area contributed by atoms with Crippen molar-refractivity contribution >= 4 is 28.5 Å². The van der Waals surface area contributed by atoms with Crippen molar-refractivity contribution in [3.8, 4) is 0 Å². The van der Waals surface area contributed by atoms with Crippen LogP contribution in [0.4, 0.5) is 16.2 Å². The van der Waals surface area contributed by atoms with Crippen LogP contribution in [-0.4, -0.2) is 10.6 Å². The maximum atomic E-state index is 12.1. The predicted molar refractivity (Wildman–Crippen MR) is 90.0 cm³/mol. The second-order valence-electron chi connectivity index (χ2n) is 5.51. The molecule has 118 valence electrons. The van der Waals surface area contributed by atoms with Crippen molar-refractivity contribution in [2.75, 3.05) is 10.6 Å². The van der Waals surface area contributed by atoms with Gasteiger partial charge in [-0.15, -0.1) is 0 Å². The second-order valence-corrected chi connectivity index (χ2v) is 5.51. The number of urea groups is 1. The van der Waals surface area contributed by atoms with Crippen LogP contribution >= 0.6 is 0 Å². The van der Waals surface area contributed by atoms with Gasteiger partial charge in [0.25, 0.3) is 0 Å². The Balaban J connectivity index is 1.78. The molecule has 2 N–H and O–H groups in total. The highest BCUT2D eigenvalue weighted by molar-refractivity contribution is 6.01. The number of anilines is 2. The molecule has 0 aliphatic heterocycles. The predicted octanol–water partition coefficient (Wildman–Crippen LogP) is 3.39. The summed E-state index contributed by atoms with van der Waals surface area (Å²) in [5.41, 5.74) is 4.54. The molecule has 0 saturated carbocycles. The third-order valence-electron chi connectivity index (χ3n) is 3.68. The molecule has 3 aromatic rings. The molecule has 0 aliphatic rings. The highest BCUT2D eigenvalue weighted by Gasteiger charge is 2.09. The van der Waals surface area contributed by atoms with Gasteiger partial charge in [0.15, 0.2) is 5.58 Å². The van der Waals surface area contributed by atoms with Crippen LogP contribution in [0.15, 0.2) is 45.6 Å². The van der Waals surface area contributed by atoms with E-state index in [1.807, 2.05) is 32.0 Å². The van der Waals surface area contributed by atoms with Crippen molar-refractivity contribution in [2.24, 2.45) is 7.05 Å². The van der Waals surface area contributed by atoms with Crippen molar-refractivity contribution in [1.82, 2.24) is 4.57 Å². The first-order chi connectivity index (χ1) is 10.9. The van der Waals surface area contributed by atoms with Gasteiger partial charge in [0.1, 0.15) is 0 Å². The standard InChI is InChI=1S/C17H17N3O3/c1-10-4-6-13(11(2)8-10)19-16(21)18-12-5-7-14-15(9-12)23-17(22)20(14)3/h4-9H,1-3H3,(H2,18,19,21). The van der Waals surface area contributed by atoms with Gasteiger partial charge >= 0.3 is 11.8 Å². The SMILES string of the molecule is Cc1ccc(NC(=O)Nc2ccc3c(c2)oc(=O)n3C)c(C)c1. The smallest absolute Gasteiger partial charge is 0.408 e. The number of benzene rings is 2. The molecule has 1 heterocycles. The molecule has 6 nitrogen and oxygen atoms in total. The summed E-state index contributed by atoms with van der Waals surface area (Å²) < 4.78 is 6.52. The van der Waals surface area contributed by atoms with Gasteiger partial charge in [-0.2, -0.15) is 0 Å². The Labute approximate surface area is 132 Å². The average Bonchev–Trinajstić information content (AvgIpc) is 2.77. The van der Waals surface area contributed by atoms with Gasteiger partial charge < -0.3 is 15.1 Å². The summed E-state index contributed by atoms with van der Waals surface area (Å²) in [5.74, 6) is -0.433. The minimum atomic E-state index is -0.433. The van der Waals surface area contributed by atoms with Crippen LogP contribution in [0.25, 0.3) is 11.1 Å². The van der Waals surface area contributed by atoms with E-state index in [1.165, 1.54) is 4.57 Å². The second kappa shape index (κ2) is 5.64. The number of aromatic nitrogens is 1. The summed E-state index contributed by atoms with van der Waals surface area (Å²) in [7, 11) is 1.63.